The Morgan fingerprint density at radius 3 is 1.28 bits per heavy atom. The number of hydrogen-bond acceptors (Lipinski definition) is 8. The number of likely N-dealkylation sites (N-methyl/N-ethyl adjacent to an activating group) is 1. The molecule has 0 N–H and O–H groups in total. The Bertz CT molecular complexity index is 1240. The van der Waals surface area contributed by atoms with Crippen LogP contribution in [0.5, 0.6) is 0 Å². The molecule has 9 nitrogen and oxygen atoms in total. The second-order valence-electron chi connectivity index (χ2n) is 19.8. The maximum absolute atomic E-state index is 12.8. The lowest BCUT2D eigenvalue weighted by Gasteiger charge is -2.26. The highest BCUT2D eigenvalue weighted by atomic mass is 16.7. The average Bonchev–Trinajstić information content (AvgIpc) is 3.29. The third-order valence-corrected chi connectivity index (χ3v) is 12.1. The first-order valence-electron chi connectivity index (χ1n) is 27.8. The number of ether oxygens (including phenoxy) is 4. The molecule has 0 aliphatic rings. The lowest BCUT2D eigenvalue weighted by Crippen LogP contribution is -2.44. The molecule has 390 valence electrons. The molecule has 2 atom stereocenters. The average molecular weight is 944 g/mol. The topological polar surface area (TPSA) is 111 Å². The number of carbonyl (C=O) groups is 3. The standard InChI is InChI=1S/C58H105NO8/c1-6-8-10-12-14-16-18-20-22-24-25-26-27-28-29-30-31-33-34-36-38-40-42-44-46-48-55(60)65-52-54(53-66-58(57(62)63)64-51-50-59(3,4)5)67-56(61)49-47-45-43-41-39-37-35-32-23-21-19-17-15-13-11-9-7-2/h9,11,15,17,21,23-25,54,58H,6-8,10,12-14,16,18-20,22,26-53H2,1-5H3/b11-9-,17-15-,23-21-,25-24-. The van der Waals surface area contributed by atoms with Gasteiger partial charge in [-0.15, -0.1) is 0 Å². The van der Waals surface area contributed by atoms with E-state index in [9.17, 15) is 19.5 Å². The van der Waals surface area contributed by atoms with Gasteiger partial charge in [0.05, 0.1) is 40.3 Å². The predicted molar refractivity (Wildman–Crippen MR) is 279 cm³/mol. The third-order valence-electron chi connectivity index (χ3n) is 12.1. The SMILES string of the molecule is CC/C=C\C/C=C\C/C=C\CCCCCCCCCC(=O)OC(COC(=O)CCCCCCCCCCCCCCC/C=C\CCCCCCCCCC)COC(OCC[N+](C)(C)C)C(=O)[O-]. The second-order valence-corrected chi connectivity index (χ2v) is 19.8. The molecule has 0 aromatic carbocycles. The number of quaternary nitrogens is 1. The van der Waals surface area contributed by atoms with Gasteiger partial charge in [0.1, 0.15) is 13.2 Å². The third kappa shape index (κ3) is 50.9. The molecular weight excluding hydrogens is 839 g/mol. The van der Waals surface area contributed by atoms with Crippen LogP contribution in [0.1, 0.15) is 245 Å². The smallest absolute Gasteiger partial charge is 0.306 e. The van der Waals surface area contributed by atoms with E-state index in [0.717, 1.165) is 64.2 Å². The van der Waals surface area contributed by atoms with Crippen LogP contribution in [0.15, 0.2) is 48.6 Å². The molecule has 9 heteroatoms. The summed E-state index contributed by atoms with van der Waals surface area (Å²) in [6.45, 7) is 4.64. The normalized spacial score (nSPS) is 13.1. The number of rotatable bonds is 51. The maximum Gasteiger partial charge on any atom is 0.306 e. The summed E-state index contributed by atoms with van der Waals surface area (Å²) < 4.78 is 22.7. The van der Waals surface area contributed by atoms with Crippen LogP contribution in [0.25, 0.3) is 0 Å². The molecule has 0 bridgehead atoms. The molecule has 0 fully saturated rings. The maximum atomic E-state index is 12.8. The first-order chi connectivity index (χ1) is 32.6. The van der Waals surface area contributed by atoms with Crippen molar-refractivity contribution in [2.75, 3.05) is 47.5 Å². The summed E-state index contributed by atoms with van der Waals surface area (Å²) in [5.41, 5.74) is 0. The zero-order valence-electron chi connectivity index (χ0n) is 44.3. The fourth-order valence-corrected chi connectivity index (χ4v) is 7.78. The highest BCUT2D eigenvalue weighted by Gasteiger charge is 2.22. The zero-order valence-corrected chi connectivity index (χ0v) is 44.3. The minimum Gasteiger partial charge on any atom is -0.545 e. The van der Waals surface area contributed by atoms with E-state index in [1.54, 1.807) is 0 Å². The number of allylic oxidation sites excluding steroid dienone is 8. The van der Waals surface area contributed by atoms with Gasteiger partial charge in [-0.05, 0) is 70.6 Å². The van der Waals surface area contributed by atoms with Crippen LogP contribution in [-0.2, 0) is 33.3 Å². The number of unbranched alkanes of at least 4 members (excludes halogenated alkanes) is 28. The Hall–Kier alpha value is -2.75. The molecule has 0 saturated heterocycles. The molecule has 67 heavy (non-hydrogen) atoms. The van der Waals surface area contributed by atoms with Crippen molar-refractivity contribution < 1.29 is 42.9 Å². The Labute approximate surface area is 412 Å². The lowest BCUT2D eigenvalue weighted by molar-refractivity contribution is -0.870. The predicted octanol–water partition coefficient (Wildman–Crippen LogP) is 14.6. The number of carbonyl (C=O) groups excluding carboxylic acids is 3. The van der Waals surface area contributed by atoms with Crippen LogP contribution in [0.3, 0.4) is 0 Å². The van der Waals surface area contributed by atoms with Gasteiger partial charge in [-0.25, -0.2) is 0 Å². The zero-order chi connectivity index (χ0) is 49.2. The van der Waals surface area contributed by atoms with Crippen LogP contribution in [0.4, 0.5) is 0 Å². The summed E-state index contributed by atoms with van der Waals surface area (Å²) in [5, 5.41) is 11.7. The summed E-state index contributed by atoms with van der Waals surface area (Å²) in [6, 6.07) is 0. The van der Waals surface area contributed by atoms with Gasteiger partial charge in [-0.2, -0.15) is 0 Å². The minimum absolute atomic E-state index is 0.145. The minimum atomic E-state index is -1.62. The summed E-state index contributed by atoms with van der Waals surface area (Å²) in [4.78, 5) is 37.2. The lowest BCUT2D eigenvalue weighted by atomic mass is 10.0. The highest BCUT2D eigenvalue weighted by molar-refractivity contribution is 5.70. The van der Waals surface area contributed by atoms with Crippen molar-refractivity contribution in [2.45, 2.75) is 257 Å². The van der Waals surface area contributed by atoms with Gasteiger partial charge in [-0.1, -0.05) is 210 Å². The van der Waals surface area contributed by atoms with E-state index in [0.29, 0.717) is 23.9 Å². The Morgan fingerprint density at radius 2 is 0.851 bits per heavy atom. The fourth-order valence-electron chi connectivity index (χ4n) is 7.78. The molecule has 0 aliphatic carbocycles. The van der Waals surface area contributed by atoms with E-state index in [4.69, 9.17) is 18.9 Å². The molecule has 0 heterocycles. The van der Waals surface area contributed by atoms with Crippen LogP contribution in [0, 0.1) is 0 Å². The van der Waals surface area contributed by atoms with E-state index < -0.39 is 24.3 Å². The van der Waals surface area contributed by atoms with Crippen molar-refractivity contribution in [3.8, 4) is 0 Å². The molecule has 0 rings (SSSR count). The van der Waals surface area contributed by atoms with Gasteiger partial charge in [-0.3, -0.25) is 9.59 Å². The number of hydrogen-bond donors (Lipinski definition) is 0. The molecule has 0 aromatic rings. The second kappa shape index (κ2) is 49.7. The van der Waals surface area contributed by atoms with Crippen molar-refractivity contribution in [3.63, 3.8) is 0 Å². The number of nitrogens with zero attached hydrogens (tertiary/aromatic N) is 1. The number of carboxylic acids is 1. The van der Waals surface area contributed by atoms with Gasteiger partial charge in [0.2, 0.25) is 0 Å². The summed E-state index contributed by atoms with van der Waals surface area (Å²) in [5.74, 6) is -2.29. The molecule has 2 unspecified atom stereocenters. The summed E-state index contributed by atoms with van der Waals surface area (Å²) in [6.07, 6.45) is 57.3. The van der Waals surface area contributed by atoms with Crippen LogP contribution in [-0.4, -0.2) is 82.3 Å². The number of esters is 2. The van der Waals surface area contributed by atoms with Crippen molar-refractivity contribution in [3.05, 3.63) is 48.6 Å². The quantitative estimate of drug-likeness (QED) is 0.0195. The Morgan fingerprint density at radius 1 is 0.463 bits per heavy atom. The summed E-state index contributed by atoms with van der Waals surface area (Å²) >= 11 is 0. The van der Waals surface area contributed by atoms with Gasteiger partial charge in [0.25, 0.3) is 0 Å². The van der Waals surface area contributed by atoms with Crippen LogP contribution >= 0.6 is 0 Å². The largest absolute Gasteiger partial charge is 0.545 e. The Balaban J connectivity index is 4.23. The molecule has 0 amide bonds. The van der Waals surface area contributed by atoms with E-state index in [2.05, 4.69) is 62.5 Å². The molecular formula is C58H105NO8. The van der Waals surface area contributed by atoms with E-state index in [1.807, 2.05) is 21.1 Å². The van der Waals surface area contributed by atoms with Gasteiger partial charge in [0.15, 0.2) is 12.4 Å². The van der Waals surface area contributed by atoms with Crippen molar-refractivity contribution in [1.82, 2.24) is 0 Å². The van der Waals surface area contributed by atoms with Gasteiger partial charge >= 0.3 is 11.9 Å². The van der Waals surface area contributed by atoms with Crippen molar-refractivity contribution >= 4 is 17.9 Å². The monoisotopic (exact) mass is 944 g/mol. The van der Waals surface area contributed by atoms with E-state index in [-0.39, 0.29) is 32.2 Å². The van der Waals surface area contributed by atoms with Gasteiger partial charge in [0, 0.05) is 12.8 Å². The van der Waals surface area contributed by atoms with Crippen molar-refractivity contribution in [1.29, 1.82) is 0 Å². The number of aliphatic carboxylic acids is 1. The van der Waals surface area contributed by atoms with E-state index in [1.165, 1.54) is 148 Å². The Kier molecular flexibility index (Phi) is 47.6. The fraction of sp³-hybridized carbons (Fsp3) is 0.810. The molecule has 0 aliphatic heterocycles. The highest BCUT2D eigenvalue weighted by Crippen LogP contribution is 2.16. The molecule has 0 saturated carbocycles. The van der Waals surface area contributed by atoms with E-state index >= 15 is 0 Å². The number of carboxylic acid groups (broad SMARTS) is 1. The van der Waals surface area contributed by atoms with Gasteiger partial charge < -0.3 is 33.3 Å². The van der Waals surface area contributed by atoms with Crippen LogP contribution in [0.2, 0.25) is 0 Å². The molecule has 0 aromatic heterocycles. The molecule has 0 radical (unpaired) electrons. The van der Waals surface area contributed by atoms with Crippen molar-refractivity contribution in [2.24, 2.45) is 0 Å². The first kappa shape index (κ1) is 64.2. The molecule has 0 spiro atoms. The summed E-state index contributed by atoms with van der Waals surface area (Å²) in [7, 11) is 5.92. The van der Waals surface area contributed by atoms with Crippen LogP contribution < -0.4 is 5.11 Å². The first-order valence-corrected chi connectivity index (χ1v) is 27.8.